The molecule has 0 bridgehead atoms. The largest absolute Gasteiger partial charge is 0.500 e. The fourth-order valence-corrected chi connectivity index (χ4v) is 3.60. The number of carbonyl (C=O) groups excluding carboxylic acids is 1. The van der Waals surface area contributed by atoms with Gasteiger partial charge in [-0.25, -0.2) is 4.79 Å². The molecule has 0 aromatic rings. The van der Waals surface area contributed by atoms with E-state index in [9.17, 15) is 4.79 Å². The SMILES string of the molecule is C=C(C)C(=O)OCCC[Si](OC)(OC)OCCC1CO1. The Labute approximate surface area is 121 Å². The maximum absolute atomic E-state index is 11.2. The van der Waals surface area contributed by atoms with Gasteiger partial charge in [0.1, 0.15) is 0 Å². The molecule has 7 heteroatoms. The quantitative estimate of drug-likeness (QED) is 0.190. The van der Waals surface area contributed by atoms with Crippen LogP contribution in [0.5, 0.6) is 0 Å². The van der Waals surface area contributed by atoms with Gasteiger partial charge in [0.2, 0.25) is 0 Å². The number of ether oxygens (including phenoxy) is 2. The summed E-state index contributed by atoms with van der Waals surface area (Å²) in [5.41, 5.74) is 0.396. The second-order valence-electron chi connectivity index (χ2n) is 4.70. The van der Waals surface area contributed by atoms with Gasteiger partial charge in [0.25, 0.3) is 0 Å². The first-order valence-corrected chi connectivity index (χ1v) is 8.64. The van der Waals surface area contributed by atoms with E-state index in [0.29, 0.717) is 37.4 Å². The fraction of sp³-hybridized carbons (Fsp3) is 0.769. The zero-order chi connectivity index (χ0) is 15.0. The van der Waals surface area contributed by atoms with E-state index in [4.69, 9.17) is 22.8 Å². The molecule has 1 rings (SSSR count). The van der Waals surface area contributed by atoms with Crippen LogP contribution in [0.1, 0.15) is 19.8 Å². The highest BCUT2D eigenvalue weighted by Gasteiger charge is 2.39. The molecule has 1 heterocycles. The third-order valence-electron chi connectivity index (χ3n) is 3.00. The Morgan fingerprint density at radius 3 is 2.50 bits per heavy atom. The molecule has 116 valence electrons. The summed E-state index contributed by atoms with van der Waals surface area (Å²) < 4.78 is 26.8. The zero-order valence-electron chi connectivity index (χ0n) is 12.5. The molecular weight excluding hydrogens is 280 g/mol. The van der Waals surface area contributed by atoms with E-state index in [0.717, 1.165) is 13.0 Å². The van der Waals surface area contributed by atoms with Crippen LogP contribution in [0.2, 0.25) is 6.04 Å². The lowest BCUT2D eigenvalue weighted by atomic mass is 10.4. The molecule has 1 aliphatic rings. The van der Waals surface area contributed by atoms with Crippen LogP contribution in [0.15, 0.2) is 12.2 Å². The minimum atomic E-state index is -2.65. The van der Waals surface area contributed by atoms with Crippen molar-refractivity contribution in [2.24, 2.45) is 0 Å². The molecule has 1 atom stereocenters. The van der Waals surface area contributed by atoms with Gasteiger partial charge in [-0.05, 0) is 19.8 Å². The van der Waals surface area contributed by atoms with Crippen molar-refractivity contribution >= 4 is 14.8 Å². The van der Waals surface area contributed by atoms with Crippen LogP contribution >= 0.6 is 0 Å². The molecule has 1 aliphatic heterocycles. The monoisotopic (exact) mass is 304 g/mol. The summed E-state index contributed by atoms with van der Waals surface area (Å²) in [6.45, 7) is 6.83. The molecule has 6 nitrogen and oxygen atoms in total. The van der Waals surface area contributed by atoms with Gasteiger partial charge < -0.3 is 22.8 Å². The van der Waals surface area contributed by atoms with Crippen molar-refractivity contribution in [2.45, 2.75) is 31.9 Å². The molecule has 0 aliphatic carbocycles. The number of esters is 1. The van der Waals surface area contributed by atoms with Gasteiger partial charge in [0.05, 0.1) is 19.3 Å². The smallest absolute Gasteiger partial charge is 0.462 e. The first kappa shape index (κ1) is 17.3. The fourth-order valence-electron chi connectivity index (χ4n) is 1.63. The van der Waals surface area contributed by atoms with Crippen LogP contribution in [0.4, 0.5) is 0 Å². The van der Waals surface area contributed by atoms with Crippen molar-refractivity contribution in [2.75, 3.05) is 34.0 Å². The minimum absolute atomic E-state index is 0.308. The van der Waals surface area contributed by atoms with E-state index < -0.39 is 8.80 Å². The summed E-state index contributed by atoms with van der Waals surface area (Å²) in [7, 11) is 0.522. The van der Waals surface area contributed by atoms with E-state index in [-0.39, 0.29) is 5.97 Å². The van der Waals surface area contributed by atoms with Gasteiger partial charge in [0.15, 0.2) is 0 Å². The normalized spacial score (nSPS) is 17.9. The molecule has 20 heavy (non-hydrogen) atoms. The van der Waals surface area contributed by atoms with Crippen molar-refractivity contribution in [3.05, 3.63) is 12.2 Å². The average Bonchev–Trinajstić information content (AvgIpc) is 3.25. The lowest BCUT2D eigenvalue weighted by molar-refractivity contribution is -0.139. The molecule has 0 aromatic carbocycles. The maximum atomic E-state index is 11.2. The highest BCUT2D eigenvalue weighted by atomic mass is 28.4. The van der Waals surface area contributed by atoms with Crippen molar-refractivity contribution in [3.63, 3.8) is 0 Å². The molecular formula is C13H24O6Si. The van der Waals surface area contributed by atoms with Crippen molar-refractivity contribution in [1.82, 2.24) is 0 Å². The number of carbonyl (C=O) groups is 1. The van der Waals surface area contributed by atoms with Crippen LogP contribution < -0.4 is 0 Å². The van der Waals surface area contributed by atoms with E-state index in [2.05, 4.69) is 6.58 Å². The Morgan fingerprint density at radius 2 is 2.00 bits per heavy atom. The van der Waals surface area contributed by atoms with Gasteiger partial charge in [-0.15, -0.1) is 0 Å². The summed E-state index contributed by atoms with van der Waals surface area (Å²) in [6.07, 6.45) is 1.81. The van der Waals surface area contributed by atoms with Crippen LogP contribution in [-0.4, -0.2) is 54.9 Å². The number of rotatable bonds is 11. The third-order valence-corrected chi connectivity index (χ3v) is 5.85. The summed E-state index contributed by atoms with van der Waals surface area (Å²) in [6, 6.07) is 0.606. The number of hydrogen-bond acceptors (Lipinski definition) is 6. The predicted molar refractivity (Wildman–Crippen MR) is 75.3 cm³/mol. The summed E-state index contributed by atoms with van der Waals surface area (Å²) >= 11 is 0. The zero-order valence-corrected chi connectivity index (χ0v) is 13.5. The Hall–Kier alpha value is -0.733. The van der Waals surface area contributed by atoms with Gasteiger partial charge in [0, 0.05) is 32.4 Å². The maximum Gasteiger partial charge on any atom is 0.500 e. The Bertz CT molecular complexity index is 325. The summed E-state index contributed by atoms with van der Waals surface area (Å²) in [4.78, 5) is 11.2. The van der Waals surface area contributed by atoms with Gasteiger partial charge >= 0.3 is 14.8 Å². The van der Waals surface area contributed by atoms with E-state index in [1.165, 1.54) is 0 Å². The lowest BCUT2D eigenvalue weighted by Gasteiger charge is -2.26. The average molecular weight is 304 g/mol. The molecule has 1 unspecified atom stereocenters. The summed E-state index contributed by atoms with van der Waals surface area (Å²) in [5.74, 6) is -0.376. The van der Waals surface area contributed by atoms with Gasteiger partial charge in [-0.1, -0.05) is 6.58 Å². The summed E-state index contributed by atoms with van der Waals surface area (Å²) in [5, 5.41) is 0. The van der Waals surface area contributed by atoms with E-state index in [1.807, 2.05) is 0 Å². The van der Waals surface area contributed by atoms with Crippen LogP contribution in [0.3, 0.4) is 0 Å². The van der Waals surface area contributed by atoms with Crippen LogP contribution in [0.25, 0.3) is 0 Å². The van der Waals surface area contributed by atoms with Crippen molar-refractivity contribution < 1.29 is 27.5 Å². The topological polar surface area (TPSA) is 66.5 Å². The second kappa shape index (κ2) is 8.53. The van der Waals surface area contributed by atoms with Crippen LogP contribution in [0, 0.1) is 0 Å². The number of hydrogen-bond donors (Lipinski definition) is 0. The third kappa shape index (κ3) is 6.15. The van der Waals surface area contributed by atoms with E-state index >= 15 is 0 Å². The first-order valence-electron chi connectivity index (χ1n) is 6.71. The van der Waals surface area contributed by atoms with Gasteiger partial charge in [-0.3, -0.25) is 0 Å². The molecule has 0 saturated carbocycles. The molecule has 0 aromatic heterocycles. The second-order valence-corrected chi connectivity index (χ2v) is 7.67. The van der Waals surface area contributed by atoms with Gasteiger partial charge in [-0.2, -0.15) is 0 Å². The lowest BCUT2D eigenvalue weighted by Crippen LogP contribution is -2.44. The Kier molecular flexibility index (Phi) is 7.39. The van der Waals surface area contributed by atoms with E-state index in [1.54, 1.807) is 21.1 Å². The standard InChI is InChI=1S/C13H24O6Si/c1-11(2)13(14)17-7-5-9-20(15-3,16-4)19-8-6-12-10-18-12/h12H,1,5-10H2,2-4H3. The molecule has 0 amide bonds. The Morgan fingerprint density at radius 1 is 1.35 bits per heavy atom. The number of epoxide rings is 1. The van der Waals surface area contributed by atoms with Crippen molar-refractivity contribution in [1.29, 1.82) is 0 Å². The van der Waals surface area contributed by atoms with Crippen molar-refractivity contribution in [3.8, 4) is 0 Å². The minimum Gasteiger partial charge on any atom is -0.462 e. The molecule has 1 saturated heterocycles. The molecule has 1 fully saturated rings. The molecule has 0 spiro atoms. The highest BCUT2D eigenvalue weighted by Crippen LogP contribution is 2.19. The molecule has 0 N–H and O–H groups in total. The van der Waals surface area contributed by atoms with Crippen LogP contribution in [-0.2, 0) is 27.5 Å². The first-order chi connectivity index (χ1) is 9.53. The predicted octanol–water partition coefficient (Wildman–Crippen LogP) is 1.53. The highest BCUT2D eigenvalue weighted by molar-refractivity contribution is 6.60. The molecule has 0 radical (unpaired) electrons. The Balaban J connectivity index is 2.25.